The number of carbonyl (C=O) groups is 3. The summed E-state index contributed by atoms with van der Waals surface area (Å²) in [5.41, 5.74) is -0.554. The second kappa shape index (κ2) is 36.4. The van der Waals surface area contributed by atoms with Gasteiger partial charge in [0.25, 0.3) is 0 Å². The van der Waals surface area contributed by atoms with E-state index in [1.54, 1.807) is 0 Å². The quantitative estimate of drug-likeness (QED) is 0.0198. The van der Waals surface area contributed by atoms with Gasteiger partial charge in [0.1, 0.15) is 19.8 Å². The third-order valence-electron chi connectivity index (χ3n) is 11.7. The van der Waals surface area contributed by atoms with E-state index >= 15 is 0 Å². The highest BCUT2D eigenvalue weighted by atomic mass is 16.7. The molecule has 9 heteroatoms. The fourth-order valence-electron chi connectivity index (χ4n) is 7.67. The molecule has 0 aromatic rings. The molecule has 1 saturated heterocycles. The maximum atomic E-state index is 13.2. The van der Waals surface area contributed by atoms with E-state index in [9.17, 15) is 14.4 Å². The lowest BCUT2D eigenvalue weighted by Crippen LogP contribution is -2.42. The normalized spacial score (nSPS) is 15.2. The minimum absolute atomic E-state index is 0.000926. The van der Waals surface area contributed by atoms with Crippen LogP contribution in [0.2, 0.25) is 0 Å². The zero-order valence-corrected chi connectivity index (χ0v) is 39.3. The summed E-state index contributed by atoms with van der Waals surface area (Å²) in [6.07, 6.45) is 32.2. The van der Waals surface area contributed by atoms with Crippen LogP contribution in [0.4, 0.5) is 0 Å². The first-order valence-electron chi connectivity index (χ1n) is 24.3. The Kier molecular flexibility index (Phi) is 33.8. The fraction of sp³-hybridized carbons (Fsp3) is 0.860. The van der Waals surface area contributed by atoms with Crippen molar-refractivity contribution in [1.82, 2.24) is 4.90 Å². The molecule has 59 heavy (non-hydrogen) atoms. The molecule has 1 unspecified atom stereocenters. The molecule has 1 aliphatic rings. The molecule has 0 saturated carbocycles. The van der Waals surface area contributed by atoms with Gasteiger partial charge in [-0.1, -0.05) is 117 Å². The largest absolute Gasteiger partial charge is 0.465 e. The molecule has 1 atom stereocenters. The molecule has 344 valence electrons. The lowest BCUT2D eigenvalue weighted by Gasteiger charge is -2.36. The highest BCUT2D eigenvalue weighted by Crippen LogP contribution is 2.32. The first-order chi connectivity index (χ1) is 28.6. The van der Waals surface area contributed by atoms with Crippen LogP contribution >= 0.6 is 0 Å². The van der Waals surface area contributed by atoms with Crippen molar-refractivity contribution in [2.75, 3.05) is 53.2 Å². The van der Waals surface area contributed by atoms with Gasteiger partial charge in [-0.05, 0) is 116 Å². The summed E-state index contributed by atoms with van der Waals surface area (Å²) in [7, 11) is 2.06. The first kappa shape index (κ1) is 54.8. The molecule has 0 amide bonds. The van der Waals surface area contributed by atoms with Crippen molar-refractivity contribution in [3.05, 3.63) is 24.3 Å². The van der Waals surface area contributed by atoms with E-state index in [4.69, 9.17) is 23.7 Å². The van der Waals surface area contributed by atoms with Gasteiger partial charge in [0.2, 0.25) is 0 Å². The van der Waals surface area contributed by atoms with Gasteiger partial charge in [0.05, 0.1) is 31.0 Å². The Morgan fingerprint density at radius 1 is 0.542 bits per heavy atom. The summed E-state index contributed by atoms with van der Waals surface area (Å²) < 4.78 is 29.9. The average Bonchev–Trinajstić information content (AvgIpc) is 3.22. The van der Waals surface area contributed by atoms with Crippen LogP contribution in [0.25, 0.3) is 0 Å². The number of rotatable bonds is 38. The van der Waals surface area contributed by atoms with Gasteiger partial charge in [0, 0.05) is 12.8 Å². The zero-order valence-electron chi connectivity index (χ0n) is 39.3. The minimum atomic E-state index is -0.554. The van der Waals surface area contributed by atoms with Gasteiger partial charge >= 0.3 is 17.9 Å². The van der Waals surface area contributed by atoms with Crippen molar-refractivity contribution >= 4 is 17.9 Å². The molecule has 0 spiro atoms. The Labute approximate surface area is 362 Å². The van der Waals surface area contributed by atoms with Crippen LogP contribution in [0.5, 0.6) is 0 Å². The monoisotopic (exact) mass is 834 g/mol. The van der Waals surface area contributed by atoms with Crippen molar-refractivity contribution in [3.8, 4) is 0 Å². The summed E-state index contributed by atoms with van der Waals surface area (Å²) in [6.45, 7) is 16.0. The maximum absolute atomic E-state index is 13.2. The fourth-order valence-corrected chi connectivity index (χ4v) is 7.67. The van der Waals surface area contributed by atoms with Crippen LogP contribution < -0.4 is 0 Å². The number of unbranched alkanes of at least 4 members (excludes halogenated alkanes) is 8. The topological polar surface area (TPSA) is 101 Å². The highest BCUT2D eigenvalue weighted by molar-refractivity contribution is 5.76. The summed E-state index contributed by atoms with van der Waals surface area (Å²) in [6, 6.07) is 0. The summed E-state index contributed by atoms with van der Waals surface area (Å²) >= 11 is 0. The average molecular weight is 834 g/mol. The Morgan fingerprint density at radius 3 is 1.54 bits per heavy atom. The number of likely N-dealkylation sites (tertiary alicyclic amines) is 1. The van der Waals surface area contributed by atoms with E-state index in [1.165, 1.54) is 25.7 Å². The van der Waals surface area contributed by atoms with Gasteiger partial charge in [-0.3, -0.25) is 14.4 Å². The molecule has 0 bridgehead atoms. The molecule has 1 aliphatic heterocycles. The van der Waals surface area contributed by atoms with Crippen molar-refractivity contribution in [3.63, 3.8) is 0 Å². The third-order valence-corrected chi connectivity index (χ3v) is 11.7. The smallest absolute Gasteiger partial charge is 0.311 e. The molecular formula is C50H91NO8. The number of piperidine rings is 1. The Balaban J connectivity index is 2.66. The second-order valence-corrected chi connectivity index (χ2v) is 17.7. The molecule has 0 N–H and O–H groups in total. The van der Waals surface area contributed by atoms with Crippen LogP contribution in [0.15, 0.2) is 24.3 Å². The van der Waals surface area contributed by atoms with E-state index in [0.717, 1.165) is 122 Å². The molecule has 1 heterocycles. The van der Waals surface area contributed by atoms with E-state index < -0.39 is 17.6 Å². The van der Waals surface area contributed by atoms with E-state index in [-0.39, 0.29) is 44.1 Å². The summed E-state index contributed by atoms with van der Waals surface area (Å²) in [5, 5.41) is 0. The molecule has 0 aliphatic carbocycles. The van der Waals surface area contributed by atoms with Crippen LogP contribution in [-0.4, -0.2) is 82.3 Å². The van der Waals surface area contributed by atoms with E-state index in [1.807, 2.05) is 6.92 Å². The minimum Gasteiger partial charge on any atom is -0.465 e. The second-order valence-electron chi connectivity index (χ2n) is 17.7. The lowest BCUT2D eigenvalue weighted by atomic mass is 9.80. The standard InChI is InChI=1S/C50H91NO8/c1-8-13-14-15-16-17-18-19-20-21-22-23-24-25-26-31-46(52)55-40-45(42-59-49(54)50(6)34-36-51(7)37-35-50)41-56-47(53)32-33-48(57-38-43(27-9-2)28-10-3)58-39-44(29-11-4)30-12-5/h16-17,19-20,43-45,48H,8-15,18,21-42H2,1-7H3/b17-16-,20-19-. The molecule has 9 nitrogen and oxygen atoms in total. The van der Waals surface area contributed by atoms with Gasteiger partial charge in [-0.25, -0.2) is 0 Å². The highest BCUT2D eigenvalue weighted by Gasteiger charge is 2.38. The number of ether oxygens (including phenoxy) is 5. The van der Waals surface area contributed by atoms with Crippen molar-refractivity contribution in [1.29, 1.82) is 0 Å². The predicted molar refractivity (Wildman–Crippen MR) is 242 cm³/mol. The first-order valence-corrected chi connectivity index (χ1v) is 24.3. The maximum Gasteiger partial charge on any atom is 0.311 e. The predicted octanol–water partition coefficient (Wildman–Crippen LogP) is 12.3. The summed E-state index contributed by atoms with van der Waals surface area (Å²) in [4.78, 5) is 41.4. The van der Waals surface area contributed by atoms with Gasteiger partial charge < -0.3 is 28.6 Å². The number of hydrogen-bond donors (Lipinski definition) is 0. The molecule has 0 radical (unpaired) electrons. The van der Waals surface area contributed by atoms with Crippen molar-refractivity contribution in [2.24, 2.45) is 23.2 Å². The summed E-state index contributed by atoms with van der Waals surface area (Å²) in [5.74, 6) is -0.390. The molecule has 0 aromatic heterocycles. The van der Waals surface area contributed by atoms with E-state index in [0.29, 0.717) is 37.9 Å². The van der Waals surface area contributed by atoms with Crippen molar-refractivity contribution < 1.29 is 38.1 Å². The molecule has 0 aromatic carbocycles. The van der Waals surface area contributed by atoms with Gasteiger partial charge in [0.15, 0.2) is 6.29 Å². The third kappa shape index (κ3) is 28.8. The van der Waals surface area contributed by atoms with Crippen LogP contribution in [-0.2, 0) is 38.1 Å². The lowest BCUT2D eigenvalue weighted by molar-refractivity contribution is -0.170. The zero-order chi connectivity index (χ0) is 43.4. The van der Waals surface area contributed by atoms with Crippen molar-refractivity contribution in [2.45, 2.75) is 202 Å². The van der Waals surface area contributed by atoms with Crippen LogP contribution in [0.1, 0.15) is 196 Å². The molecule has 1 rings (SSSR count). The molecule has 1 fully saturated rings. The van der Waals surface area contributed by atoms with Gasteiger partial charge in [-0.2, -0.15) is 0 Å². The molecular weight excluding hydrogens is 743 g/mol. The Hall–Kier alpha value is -2.23. The Morgan fingerprint density at radius 2 is 1.02 bits per heavy atom. The van der Waals surface area contributed by atoms with E-state index in [2.05, 4.69) is 70.9 Å². The number of esters is 3. The number of carbonyl (C=O) groups excluding carboxylic acids is 3. The number of nitrogens with zero attached hydrogens (tertiary/aromatic N) is 1. The SMILES string of the molecule is CCCCC/C=C\C/C=C\CCCCCCCC(=O)OCC(COC(=O)CCC(OCC(CCC)CCC)OCC(CCC)CCC)COC(=O)C1(C)CCN(C)CC1. The number of hydrogen-bond acceptors (Lipinski definition) is 9. The Bertz CT molecular complexity index is 1070. The van der Waals surface area contributed by atoms with Crippen LogP contribution in [0.3, 0.4) is 0 Å². The van der Waals surface area contributed by atoms with Gasteiger partial charge in [-0.15, -0.1) is 0 Å². The van der Waals surface area contributed by atoms with Crippen LogP contribution in [0, 0.1) is 23.2 Å². The number of allylic oxidation sites excluding steroid dienone is 4.